The normalized spacial score (nSPS) is 11.9. The molecule has 3 nitrogen and oxygen atoms in total. The molecule has 2 aromatic carbocycles. The van der Waals surface area contributed by atoms with Crippen LogP contribution in [0.4, 0.5) is 5.69 Å². The molecule has 0 saturated heterocycles. The number of amides is 1. The van der Waals surface area contributed by atoms with E-state index in [4.69, 9.17) is 5.73 Å². The molecule has 1 atom stereocenters. The first-order valence-corrected chi connectivity index (χ1v) is 7.50. The standard InChI is InChI=1S/C16H17IN2O/c1-11-9-13(17)7-8-15(11)19-16(20)14(18)10-12-5-3-2-4-6-12/h2-9,14H,10,18H2,1H3,(H,19,20)/t14-/m0/s1. The van der Waals surface area contributed by atoms with Gasteiger partial charge in [-0.05, 0) is 65.3 Å². The third-order valence-electron chi connectivity index (χ3n) is 3.08. The number of aryl methyl sites for hydroxylation is 1. The number of rotatable bonds is 4. The maximum Gasteiger partial charge on any atom is 0.241 e. The topological polar surface area (TPSA) is 55.1 Å². The van der Waals surface area contributed by atoms with Gasteiger partial charge in [0.25, 0.3) is 0 Å². The van der Waals surface area contributed by atoms with Crippen molar-refractivity contribution in [1.82, 2.24) is 0 Å². The number of carbonyl (C=O) groups excluding carboxylic acids is 1. The Labute approximate surface area is 132 Å². The van der Waals surface area contributed by atoms with Crippen LogP contribution in [0.15, 0.2) is 48.5 Å². The third-order valence-corrected chi connectivity index (χ3v) is 3.75. The number of carbonyl (C=O) groups is 1. The lowest BCUT2D eigenvalue weighted by molar-refractivity contribution is -0.117. The summed E-state index contributed by atoms with van der Waals surface area (Å²) >= 11 is 2.25. The van der Waals surface area contributed by atoms with Crippen LogP contribution in [0.2, 0.25) is 0 Å². The van der Waals surface area contributed by atoms with Crippen LogP contribution < -0.4 is 11.1 Å². The van der Waals surface area contributed by atoms with Crippen molar-refractivity contribution in [3.63, 3.8) is 0 Å². The molecule has 0 radical (unpaired) electrons. The van der Waals surface area contributed by atoms with Gasteiger partial charge in [0.1, 0.15) is 0 Å². The van der Waals surface area contributed by atoms with E-state index in [1.807, 2.05) is 55.5 Å². The van der Waals surface area contributed by atoms with Crippen LogP contribution in [0.5, 0.6) is 0 Å². The van der Waals surface area contributed by atoms with Gasteiger partial charge in [0.05, 0.1) is 6.04 Å². The van der Waals surface area contributed by atoms with Gasteiger partial charge in [-0.1, -0.05) is 30.3 Å². The van der Waals surface area contributed by atoms with E-state index in [1.54, 1.807) is 0 Å². The predicted molar refractivity (Wildman–Crippen MR) is 90.6 cm³/mol. The lowest BCUT2D eigenvalue weighted by Crippen LogP contribution is -2.37. The molecule has 0 aliphatic heterocycles. The van der Waals surface area contributed by atoms with E-state index in [2.05, 4.69) is 27.9 Å². The van der Waals surface area contributed by atoms with E-state index in [0.29, 0.717) is 6.42 Å². The minimum absolute atomic E-state index is 0.154. The first-order chi connectivity index (χ1) is 9.56. The molecule has 0 aliphatic carbocycles. The number of nitrogens with two attached hydrogens (primary N) is 1. The highest BCUT2D eigenvalue weighted by molar-refractivity contribution is 14.1. The fraction of sp³-hybridized carbons (Fsp3) is 0.188. The second kappa shape index (κ2) is 6.85. The maximum atomic E-state index is 12.1. The zero-order valence-corrected chi connectivity index (χ0v) is 13.4. The van der Waals surface area contributed by atoms with Crippen molar-refractivity contribution in [2.24, 2.45) is 5.73 Å². The van der Waals surface area contributed by atoms with Gasteiger partial charge in [-0.2, -0.15) is 0 Å². The van der Waals surface area contributed by atoms with Crippen molar-refractivity contribution in [2.45, 2.75) is 19.4 Å². The van der Waals surface area contributed by atoms with Gasteiger partial charge in [0, 0.05) is 9.26 Å². The summed E-state index contributed by atoms with van der Waals surface area (Å²) in [5, 5.41) is 2.89. The Morgan fingerprint density at radius 3 is 2.60 bits per heavy atom. The van der Waals surface area contributed by atoms with Crippen LogP contribution in [0.25, 0.3) is 0 Å². The second-order valence-corrected chi connectivity index (χ2v) is 5.99. The summed E-state index contributed by atoms with van der Waals surface area (Å²) in [6.45, 7) is 1.97. The summed E-state index contributed by atoms with van der Waals surface area (Å²) in [6.07, 6.45) is 0.538. The first kappa shape index (κ1) is 15.0. The van der Waals surface area contributed by atoms with Crippen molar-refractivity contribution in [3.05, 3.63) is 63.2 Å². The fourth-order valence-electron chi connectivity index (χ4n) is 1.95. The summed E-state index contributed by atoms with van der Waals surface area (Å²) in [5.41, 5.74) is 8.89. The fourth-order valence-corrected chi connectivity index (χ4v) is 2.60. The van der Waals surface area contributed by atoms with Crippen molar-refractivity contribution in [2.75, 3.05) is 5.32 Å². The molecule has 3 N–H and O–H groups in total. The molecule has 1 amide bonds. The molecule has 0 saturated carbocycles. The van der Waals surface area contributed by atoms with Gasteiger partial charge in [0.2, 0.25) is 5.91 Å². The zero-order valence-electron chi connectivity index (χ0n) is 11.3. The minimum atomic E-state index is -0.545. The molecular formula is C16H17IN2O. The molecule has 0 heterocycles. The molecule has 0 spiro atoms. The summed E-state index contributed by atoms with van der Waals surface area (Å²) < 4.78 is 1.15. The Kier molecular flexibility index (Phi) is 5.14. The summed E-state index contributed by atoms with van der Waals surface area (Å²) in [6, 6.07) is 15.1. The number of benzene rings is 2. The monoisotopic (exact) mass is 380 g/mol. The van der Waals surface area contributed by atoms with Crippen molar-refractivity contribution < 1.29 is 4.79 Å². The van der Waals surface area contributed by atoms with E-state index in [1.165, 1.54) is 0 Å². The Morgan fingerprint density at radius 1 is 1.25 bits per heavy atom. The summed E-state index contributed by atoms with van der Waals surface area (Å²) in [7, 11) is 0. The molecule has 0 bridgehead atoms. The molecule has 20 heavy (non-hydrogen) atoms. The average Bonchev–Trinajstić information content (AvgIpc) is 2.43. The van der Waals surface area contributed by atoms with Crippen molar-refractivity contribution >= 4 is 34.2 Å². The third kappa shape index (κ3) is 4.05. The highest BCUT2D eigenvalue weighted by atomic mass is 127. The number of hydrogen-bond donors (Lipinski definition) is 2. The van der Waals surface area contributed by atoms with Crippen LogP contribution in [0.3, 0.4) is 0 Å². The summed E-state index contributed by atoms with van der Waals surface area (Å²) in [5.74, 6) is -0.154. The zero-order chi connectivity index (χ0) is 14.5. The van der Waals surface area contributed by atoms with Crippen LogP contribution in [-0.2, 0) is 11.2 Å². The van der Waals surface area contributed by atoms with Crippen molar-refractivity contribution in [1.29, 1.82) is 0 Å². The quantitative estimate of drug-likeness (QED) is 0.801. The Morgan fingerprint density at radius 2 is 1.95 bits per heavy atom. The molecule has 0 fully saturated rings. The van der Waals surface area contributed by atoms with Crippen LogP contribution in [-0.4, -0.2) is 11.9 Å². The largest absolute Gasteiger partial charge is 0.324 e. The highest BCUT2D eigenvalue weighted by Crippen LogP contribution is 2.18. The van der Waals surface area contributed by atoms with Gasteiger partial charge in [-0.25, -0.2) is 0 Å². The number of nitrogens with one attached hydrogen (secondary N) is 1. The van der Waals surface area contributed by atoms with E-state index in [9.17, 15) is 4.79 Å². The van der Waals surface area contributed by atoms with Crippen LogP contribution in [0, 0.1) is 10.5 Å². The molecule has 2 rings (SSSR count). The molecule has 2 aromatic rings. The van der Waals surface area contributed by atoms with E-state index in [-0.39, 0.29) is 5.91 Å². The second-order valence-electron chi connectivity index (χ2n) is 4.74. The average molecular weight is 380 g/mol. The van der Waals surface area contributed by atoms with E-state index in [0.717, 1.165) is 20.4 Å². The number of halogens is 1. The van der Waals surface area contributed by atoms with Gasteiger partial charge in [0.15, 0.2) is 0 Å². The smallest absolute Gasteiger partial charge is 0.241 e. The minimum Gasteiger partial charge on any atom is -0.324 e. The van der Waals surface area contributed by atoms with Crippen molar-refractivity contribution in [3.8, 4) is 0 Å². The predicted octanol–water partition coefficient (Wildman–Crippen LogP) is 3.11. The van der Waals surface area contributed by atoms with Gasteiger partial charge < -0.3 is 11.1 Å². The Bertz CT molecular complexity index is 599. The lowest BCUT2D eigenvalue weighted by Gasteiger charge is -2.14. The number of anilines is 1. The molecule has 0 aromatic heterocycles. The van der Waals surface area contributed by atoms with Gasteiger partial charge in [-0.3, -0.25) is 4.79 Å². The van der Waals surface area contributed by atoms with Crippen LogP contribution >= 0.6 is 22.6 Å². The Hall–Kier alpha value is -1.40. The molecule has 0 unspecified atom stereocenters. The molecule has 0 aliphatic rings. The van der Waals surface area contributed by atoms with Gasteiger partial charge >= 0.3 is 0 Å². The molecular weight excluding hydrogens is 363 g/mol. The number of hydrogen-bond acceptors (Lipinski definition) is 2. The van der Waals surface area contributed by atoms with E-state index < -0.39 is 6.04 Å². The van der Waals surface area contributed by atoms with E-state index >= 15 is 0 Å². The maximum absolute atomic E-state index is 12.1. The first-order valence-electron chi connectivity index (χ1n) is 6.43. The Balaban J connectivity index is 2.01. The highest BCUT2D eigenvalue weighted by Gasteiger charge is 2.14. The lowest BCUT2D eigenvalue weighted by atomic mass is 10.1. The molecule has 4 heteroatoms. The molecule has 104 valence electrons. The van der Waals surface area contributed by atoms with Crippen LogP contribution in [0.1, 0.15) is 11.1 Å². The van der Waals surface area contributed by atoms with Gasteiger partial charge in [-0.15, -0.1) is 0 Å². The SMILES string of the molecule is Cc1cc(I)ccc1NC(=O)[C@@H](N)Cc1ccccc1. The summed E-state index contributed by atoms with van der Waals surface area (Å²) in [4.78, 5) is 12.1.